The van der Waals surface area contributed by atoms with Crippen LogP contribution in [0.2, 0.25) is 0 Å². The molecule has 0 amide bonds. The fourth-order valence-corrected chi connectivity index (χ4v) is 4.13. The van der Waals surface area contributed by atoms with Crippen LogP contribution in [0.4, 0.5) is 0 Å². The van der Waals surface area contributed by atoms with Crippen molar-refractivity contribution >= 4 is 5.97 Å². The fraction of sp³-hybridized carbons (Fsp3) is 0.375. The maximum atomic E-state index is 11.7. The van der Waals surface area contributed by atoms with Crippen molar-refractivity contribution in [2.24, 2.45) is 5.41 Å². The molecule has 0 saturated heterocycles. The molecule has 6 heteroatoms. The van der Waals surface area contributed by atoms with Gasteiger partial charge in [0, 0.05) is 24.2 Å². The summed E-state index contributed by atoms with van der Waals surface area (Å²) >= 11 is 0. The number of carbonyl (C=O) groups is 1. The zero-order chi connectivity index (χ0) is 21.0. The van der Waals surface area contributed by atoms with Crippen LogP contribution in [0.15, 0.2) is 53.1 Å². The van der Waals surface area contributed by atoms with Crippen molar-refractivity contribution in [1.29, 1.82) is 0 Å². The molecule has 0 radical (unpaired) electrons. The lowest BCUT2D eigenvalue weighted by atomic mass is 9.80. The van der Waals surface area contributed by atoms with E-state index in [0.717, 1.165) is 48.3 Å². The molecular formula is C24H26N2O4. The molecule has 156 valence electrons. The maximum Gasteiger partial charge on any atom is 0.309 e. The second-order valence-corrected chi connectivity index (χ2v) is 7.96. The highest BCUT2D eigenvalue weighted by molar-refractivity contribution is 5.75. The molecule has 2 heterocycles. The van der Waals surface area contributed by atoms with Gasteiger partial charge in [-0.15, -0.1) is 0 Å². The fourth-order valence-electron chi connectivity index (χ4n) is 4.13. The lowest BCUT2D eigenvalue weighted by Gasteiger charge is -2.23. The molecule has 4 rings (SSSR count). The van der Waals surface area contributed by atoms with Crippen LogP contribution >= 0.6 is 0 Å². The smallest absolute Gasteiger partial charge is 0.309 e. The number of carboxylic acid groups (broad SMARTS) is 1. The predicted octanol–water partition coefficient (Wildman–Crippen LogP) is 4.85. The topological polar surface area (TPSA) is 85.5 Å². The minimum atomic E-state index is -0.696. The van der Waals surface area contributed by atoms with Gasteiger partial charge >= 0.3 is 5.97 Å². The van der Waals surface area contributed by atoms with Crippen LogP contribution in [-0.2, 0) is 17.6 Å². The van der Waals surface area contributed by atoms with Gasteiger partial charge in [-0.2, -0.15) is 0 Å². The standard InChI is InChI=1S/C24H26N2O4/c1-17-20(26-22(30-17)19-7-3-2-4-8-19)11-14-29-21-10-9-18(16-25-21)15-24(23(27)28)12-5-6-13-24/h2-4,7-10,16H,5-6,11-15H2,1H3,(H,27,28). The first-order valence-corrected chi connectivity index (χ1v) is 10.4. The highest BCUT2D eigenvalue weighted by Gasteiger charge is 2.41. The van der Waals surface area contributed by atoms with Crippen molar-refractivity contribution in [2.45, 2.75) is 45.4 Å². The molecule has 6 nitrogen and oxygen atoms in total. The van der Waals surface area contributed by atoms with Crippen molar-refractivity contribution in [3.05, 3.63) is 65.7 Å². The van der Waals surface area contributed by atoms with E-state index < -0.39 is 11.4 Å². The molecule has 30 heavy (non-hydrogen) atoms. The molecule has 0 unspecified atom stereocenters. The van der Waals surface area contributed by atoms with Gasteiger partial charge in [0.2, 0.25) is 11.8 Å². The van der Waals surface area contributed by atoms with Gasteiger partial charge in [0.15, 0.2) is 0 Å². The molecule has 1 aliphatic carbocycles. The molecule has 1 aliphatic rings. The number of aromatic nitrogens is 2. The zero-order valence-corrected chi connectivity index (χ0v) is 17.1. The van der Waals surface area contributed by atoms with Crippen molar-refractivity contribution < 1.29 is 19.1 Å². The van der Waals surface area contributed by atoms with Crippen molar-refractivity contribution in [1.82, 2.24) is 9.97 Å². The average molecular weight is 406 g/mol. The number of aliphatic carboxylic acids is 1. The Morgan fingerprint density at radius 2 is 1.93 bits per heavy atom. The third-order valence-corrected chi connectivity index (χ3v) is 5.86. The summed E-state index contributed by atoms with van der Waals surface area (Å²) in [5.41, 5.74) is 2.12. The number of benzene rings is 1. The van der Waals surface area contributed by atoms with Crippen molar-refractivity contribution in [3.8, 4) is 17.3 Å². The van der Waals surface area contributed by atoms with Crippen molar-refractivity contribution in [2.75, 3.05) is 6.61 Å². The highest BCUT2D eigenvalue weighted by atomic mass is 16.5. The van der Waals surface area contributed by atoms with Crippen LogP contribution in [0.5, 0.6) is 5.88 Å². The predicted molar refractivity (Wildman–Crippen MR) is 112 cm³/mol. The van der Waals surface area contributed by atoms with Gasteiger partial charge in [0.1, 0.15) is 5.76 Å². The molecular weight excluding hydrogens is 380 g/mol. The Labute approximate surface area is 175 Å². The second-order valence-electron chi connectivity index (χ2n) is 7.96. The number of ether oxygens (including phenoxy) is 1. The van der Waals surface area contributed by atoms with Gasteiger partial charge in [-0.1, -0.05) is 37.1 Å². The van der Waals surface area contributed by atoms with Gasteiger partial charge < -0.3 is 14.3 Å². The lowest BCUT2D eigenvalue weighted by molar-refractivity contribution is -0.148. The highest BCUT2D eigenvalue weighted by Crippen LogP contribution is 2.41. The minimum Gasteiger partial charge on any atom is -0.481 e. The number of nitrogens with zero attached hydrogens (tertiary/aromatic N) is 2. The van der Waals surface area contributed by atoms with E-state index in [4.69, 9.17) is 9.15 Å². The normalized spacial score (nSPS) is 15.2. The summed E-state index contributed by atoms with van der Waals surface area (Å²) in [6.07, 6.45) is 6.31. The number of hydrogen-bond donors (Lipinski definition) is 1. The van der Waals surface area contributed by atoms with E-state index >= 15 is 0 Å². The molecule has 2 aromatic heterocycles. The first-order chi connectivity index (χ1) is 14.6. The number of rotatable bonds is 8. The molecule has 0 aliphatic heterocycles. The summed E-state index contributed by atoms with van der Waals surface area (Å²) in [4.78, 5) is 20.7. The first kappa shape index (κ1) is 20.1. The summed E-state index contributed by atoms with van der Waals surface area (Å²) in [6, 6.07) is 13.5. The van der Waals surface area contributed by atoms with E-state index in [9.17, 15) is 9.90 Å². The quantitative estimate of drug-likeness (QED) is 0.575. The van der Waals surface area contributed by atoms with E-state index in [0.29, 0.717) is 31.2 Å². The van der Waals surface area contributed by atoms with Crippen LogP contribution in [-0.4, -0.2) is 27.7 Å². The van der Waals surface area contributed by atoms with Gasteiger partial charge in [0.25, 0.3) is 0 Å². The third kappa shape index (κ3) is 4.37. The van der Waals surface area contributed by atoms with Crippen molar-refractivity contribution in [3.63, 3.8) is 0 Å². The van der Waals surface area contributed by atoms with Crippen LogP contribution < -0.4 is 4.74 Å². The summed E-state index contributed by atoms with van der Waals surface area (Å²) < 4.78 is 11.5. The largest absolute Gasteiger partial charge is 0.481 e. The Kier molecular flexibility index (Phi) is 5.84. The van der Waals surface area contributed by atoms with E-state index in [-0.39, 0.29) is 0 Å². The molecule has 0 bridgehead atoms. The van der Waals surface area contributed by atoms with Gasteiger partial charge in [-0.05, 0) is 43.9 Å². The van der Waals surface area contributed by atoms with Crippen LogP contribution in [0.1, 0.15) is 42.7 Å². The summed E-state index contributed by atoms with van der Waals surface area (Å²) in [6.45, 7) is 2.34. The minimum absolute atomic E-state index is 0.438. The number of oxazole rings is 1. The number of aryl methyl sites for hydroxylation is 1. The Morgan fingerprint density at radius 3 is 2.60 bits per heavy atom. The molecule has 1 saturated carbocycles. The Morgan fingerprint density at radius 1 is 1.17 bits per heavy atom. The van der Waals surface area contributed by atoms with E-state index in [2.05, 4.69) is 9.97 Å². The summed E-state index contributed by atoms with van der Waals surface area (Å²) in [5, 5.41) is 9.64. The Balaban J connectivity index is 1.33. The first-order valence-electron chi connectivity index (χ1n) is 10.4. The van der Waals surface area contributed by atoms with Crippen LogP contribution in [0, 0.1) is 12.3 Å². The maximum absolute atomic E-state index is 11.7. The van der Waals surface area contributed by atoms with E-state index in [1.807, 2.05) is 49.4 Å². The van der Waals surface area contributed by atoms with E-state index in [1.165, 1.54) is 0 Å². The van der Waals surface area contributed by atoms with Gasteiger partial charge in [-0.25, -0.2) is 9.97 Å². The lowest BCUT2D eigenvalue weighted by Crippen LogP contribution is -2.30. The molecule has 3 aromatic rings. The van der Waals surface area contributed by atoms with Crippen LogP contribution in [0.25, 0.3) is 11.5 Å². The van der Waals surface area contributed by atoms with Crippen LogP contribution in [0.3, 0.4) is 0 Å². The number of hydrogen-bond acceptors (Lipinski definition) is 5. The molecule has 1 N–H and O–H groups in total. The number of pyridine rings is 1. The summed E-state index contributed by atoms with van der Waals surface area (Å²) in [5.74, 6) is 1.23. The second kappa shape index (κ2) is 8.69. The Hall–Kier alpha value is -3.15. The number of carboxylic acids is 1. The Bertz CT molecular complexity index is 990. The molecule has 1 fully saturated rings. The van der Waals surface area contributed by atoms with Gasteiger partial charge in [0.05, 0.1) is 17.7 Å². The average Bonchev–Trinajstić information content (AvgIpc) is 3.38. The third-order valence-electron chi connectivity index (χ3n) is 5.86. The van der Waals surface area contributed by atoms with Gasteiger partial charge in [-0.3, -0.25) is 4.79 Å². The summed E-state index contributed by atoms with van der Waals surface area (Å²) in [7, 11) is 0. The SMILES string of the molecule is Cc1oc(-c2ccccc2)nc1CCOc1ccc(CC2(C(=O)O)CCCC2)cn1. The monoisotopic (exact) mass is 406 g/mol. The molecule has 0 spiro atoms. The molecule has 1 aromatic carbocycles. The van der Waals surface area contributed by atoms with E-state index in [1.54, 1.807) is 6.20 Å². The molecule has 0 atom stereocenters. The zero-order valence-electron chi connectivity index (χ0n) is 17.1.